The summed E-state index contributed by atoms with van der Waals surface area (Å²) in [4.78, 5) is 1.25. The molecule has 0 aromatic heterocycles. The van der Waals surface area contributed by atoms with Crippen LogP contribution in [0.1, 0.15) is 12.8 Å². The summed E-state index contributed by atoms with van der Waals surface area (Å²) in [7, 11) is 1.38. The number of nitrogens with zero attached hydrogens (tertiary/aromatic N) is 1. The van der Waals surface area contributed by atoms with Gasteiger partial charge >= 0.3 is 6.18 Å². The lowest BCUT2D eigenvalue weighted by Crippen LogP contribution is -2.58. The van der Waals surface area contributed by atoms with Gasteiger partial charge in [0.15, 0.2) is 0 Å². The normalized spacial score (nSPS) is 30.2. The van der Waals surface area contributed by atoms with Crippen molar-refractivity contribution in [1.29, 1.82) is 0 Å². The van der Waals surface area contributed by atoms with Crippen LogP contribution in [0.3, 0.4) is 0 Å². The molecule has 1 saturated heterocycles. The van der Waals surface area contributed by atoms with Gasteiger partial charge in [-0.15, -0.1) is 0 Å². The second kappa shape index (κ2) is 3.86. The van der Waals surface area contributed by atoms with Crippen LogP contribution in [-0.4, -0.2) is 42.7 Å². The molecule has 90 valence electrons. The molecule has 2 N–H and O–H groups in total. The second-order valence-electron chi connectivity index (χ2n) is 3.93. The van der Waals surface area contributed by atoms with Gasteiger partial charge in [-0.2, -0.15) is 13.2 Å². The molecule has 2 unspecified atom stereocenters. The van der Waals surface area contributed by atoms with E-state index in [1.807, 2.05) is 0 Å². The Bertz CT molecular complexity index is 224. The maximum Gasteiger partial charge on any atom is 0.405 e. The first-order valence-corrected chi connectivity index (χ1v) is 4.54. The summed E-state index contributed by atoms with van der Waals surface area (Å²) in [5, 5.41) is 0. The van der Waals surface area contributed by atoms with Crippen molar-refractivity contribution < 1.29 is 22.0 Å². The highest BCUT2D eigenvalue weighted by molar-refractivity contribution is 4.93. The molecule has 2 atom stereocenters. The maximum atomic E-state index is 12.9. The summed E-state index contributed by atoms with van der Waals surface area (Å²) in [5.74, 6) is -3.04. The van der Waals surface area contributed by atoms with Gasteiger partial charge in [0, 0.05) is 25.4 Å². The van der Waals surface area contributed by atoms with E-state index in [0.717, 1.165) is 0 Å². The average Bonchev–Trinajstić information content (AvgIpc) is 2.06. The Morgan fingerprint density at radius 3 is 2.40 bits per heavy atom. The first-order valence-electron chi connectivity index (χ1n) is 4.54. The number of likely N-dealkylation sites (N-methyl/N-ethyl adjacent to an activating group) is 1. The minimum absolute atomic E-state index is 0.0680. The van der Waals surface area contributed by atoms with Crippen molar-refractivity contribution >= 4 is 0 Å². The van der Waals surface area contributed by atoms with Gasteiger partial charge in [-0.05, 0) is 7.05 Å². The fourth-order valence-electron chi connectivity index (χ4n) is 1.69. The SMILES string of the molecule is CN1CCC(F)(F)CC1C(N)C(F)(F)F. The van der Waals surface area contributed by atoms with Crippen molar-refractivity contribution in [2.45, 2.75) is 37.0 Å². The molecule has 0 aromatic carbocycles. The van der Waals surface area contributed by atoms with Crippen molar-refractivity contribution in [3.05, 3.63) is 0 Å². The van der Waals surface area contributed by atoms with E-state index in [1.54, 1.807) is 0 Å². The number of hydrogen-bond donors (Lipinski definition) is 1. The van der Waals surface area contributed by atoms with E-state index in [4.69, 9.17) is 5.73 Å². The molecule has 0 bridgehead atoms. The van der Waals surface area contributed by atoms with Crippen molar-refractivity contribution in [1.82, 2.24) is 4.90 Å². The van der Waals surface area contributed by atoms with Crippen LogP contribution < -0.4 is 5.73 Å². The summed E-state index contributed by atoms with van der Waals surface area (Å²) >= 11 is 0. The molecule has 0 radical (unpaired) electrons. The largest absolute Gasteiger partial charge is 0.405 e. The van der Waals surface area contributed by atoms with Gasteiger partial charge in [0.1, 0.15) is 6.04 Å². The Kier molecular flexibility index (Phi) is 3.25. The molecular formula is C8H13F5N2. The smallest absolute Gasteiger partial charge is 0.319 e. The van der Waals surface area contributed by atoms with Crippen molar-refractivity contribution in [3.63, 3.8) is 0 Å². The van der Waals surface area contributed by atoms with Crippen molar-refractivity contribution in [3.8, 4) is 0 Å². The number of likely N-dealkylation sites (tertiary alicyclic amines) is 1. The second-order valence-corrected chi connectivity index (χ2v) is 3.93. The summed E-state index contributed by atoms with van der Waals surface area (Å²) in [5.41, 5.74) is 4.94. The van der Waals surface area contributed by atoms with E-state index in [0.29, 0.717) is 0 Å². The molecule has 1 fully saturated rings. The third kappa shape index (κ3) is 3.01. The summed E-state index contributed by atoms with van der Waals surface area (Å²) in [6, 6.07) is -3.55. The molecule has 1 aliphatic heterocycles. The Balaban J connectivity index is 2.74. The molecule has 1 heterocycles. The zero-order valence-corrected chi connectivity index (χ0v) is 8.19. The van der Waals surface area contributed by atoms with Gasteiger partial charge in [0.05, 0.1) is 0 Å². The fourth-order valence-corrected chi connectivity index (χ4v) is 1.69. The third-order valence-electron chi connectivity index (χ3n) is 2.70. The van der Waals surface area contributed by atoms with Crippen LogP contribution in [0, 0.1) is 0 Å². The maximum absolute atomic E-state index is 12.9. The van der Waals surface area contributed by atoms with Crippen LogP contribution in [0.25, 0.3) is 0 Å². The van der Waals surface area contributed by atoms with Gasteiger partial charge in [-0.1, -0.05) is 0 Å². The van der Waals surface area contributed by atoms with E-state index in [1.165, 1.54) is 11.9 Å². The van der Waals surface area contributed by atoms with Gasteiger partial charge in [-0.3, -0.25) is 0 Å². The van der Waals surface area contributed by atoms with Crippen molar-refractivity contribution in [2.75, 3.05) is 13.6 Å². The van der Waals surface area contributed by atoms with E-state index in [-0.39, 0.29) is 6.54 Å². The van der Waals surface area contributed by atoms with Crippen LogP contribution in [0.15, 0.2) is 0 Å². The third-order valence-corrected chi connectivity index (χ3v) is 2.70. The lowest BCUT2D eigenvalue weighted by molar-refractivity contribution is -0.176. The van der Waals surface area contributed by atoms with Gasteiger partial charge in [0.25, 0.3) is 5.92 Å². The number of rotatable bonds is 1. The molecule has 15 heavy (non-hydrogen) atoms. The molecule has 2 nitrogen and oxygen atoms in total. The Labute approximate surface area is 84.2 Å². The molecule has 0 aromatic rings. The van der Waals surface area contributed by atoms with E-state index < -0.39 is 37.0 Å². The van der Waals surface area contributed by atoms with Crippen LogP contribution in [0.5, 0.6) is 0 Å². The Hall–Kier alpha value is -0.430. The van der Waals surface area contributed by atoms with E-state index in [2.05, 4.69) is 0 Å². The van der Waals surface area contributed by atoms with Crippen LogP contribution >= 0.6 is 0 Å². The molecule has 1 aliphatic rings. The lowest BCUT2D eigenvalue weighted by atomic mass is 9.93. The zero-order chi connectivity index (χ0) is 11.9. The van der Waals surface area contributed by atoms with Crippen molar-refractivity contribution in [2.24, 2.45) is 5.73 Å². The number of piperidine rings is 1. The monoisotopic (exact) mass is 232 g/mol. The average molecular weight is 232 g/mol. The first-order chi connectivity index (χ1) is 6.63. The highest BCUT2D eigenvalue weighted by atomic mass is 19.4. The predicted octanol–water partition coefficient (Wildman–Crippen LogP) is 1.61. The quantitative estimate of drug-likeness (QED) is 0.696. The number of alkyl halides is 5. The molecule has 0 amide bonds. The van der Waals surface area contributed by atoms with Crippen LogP contribution in [0.2, 0.25) is 0 Å². The number of halogens is 5. The fraction of sp³-hybridized carbons (Fsp3) is 1.00. The summed E-state index contributed by atoms with van der Waals surface area (Å²) < 4.78 is 62.6. The minimum Gasteiger partial charge on any atom is -0.319 e. The van der Waals surface area contributed by atoms with E-state index in [9.17, 15) is 22.0 Å². The summed E-state index contributed by atoms with van der Waals surface area (Å²) in [6.07, 6.45) is -5.87. The van der Waals surface area contributed by atoms with E-state index >= 15 is 0 Å². The van der Waals surface area contributed by atoms with Crippen LogP contribution in [0.4, 0.5) is 22.0 Å². The molecule has 1 rings (SSSR count). The van der Waals surface area contributed by atoms with Gasteiger partial charge < -0.3 is 10.6 Å². The number of nitrogens with two attached hydrogens (primary N) is 1. The highest BCUT2D eigenvalue weighted by Crippen LogP contribution is 2.35. The van der Waals surface area contributed by atoms with Gasteiger partial charge in [-0.25, -0.2) is 8.78 Å². The Morgan fingerprint density at radius 2 is 1.93 bits per heavy atom. The van der Waals surface area contributed by atoms with Gasteiger partial charge in [0.2, 0.25) is 0 Å². The summed E-state index contributed by atoms with van der Waals surface area (Å²) in [6.45, 7) is -0.0680. The highest BCUT2D eigenvalue weighted by Gasteiger charge is 2.49. The first kappa shape index (κ1) is 12.6. The Morgan fingerprint density at radius 1 is 1.40 bits per heavy atom. The lowest BCUT2D eigenvalue weighted by Gasteiger charge is -2.40. The molecule has 0 spiro atoms. The molecule has 7 heteroatoms. The minimum atomic E-state index is -4.63. The predicted molar refractivity (Wildman–Crippen MR) is 44.6 cm³/mol. The zero-order valence-electron chi connectivity index (χ0n) is 8.19. The standard InChI is InChI=1S/C8H13F5N2/c1-15-3-2-7(9,10)4-5(15)6(14)8(11,12)13/h5-6H,2-4,14H2,1H3. The molecular weight excluding hydrogens is 219 g/mol. The molecule has 0 saturated carbocycles. The molecule has 0 aliphatic carbocycles. The van der Waals surface area contributed by atoms with Crippen LogP contribution in [-0.2, 0) is 0 Å². The topological polar surface area (TPSA) is 29.3 Å². The number of hydrogen-bond acceptors (Lipinski definition) is 2.